The molecule has 0 amide bonds. The molecule has 0 spiro atoms. The van der Waals surface area contributed by atoms with Gasteiger partial charge in [-0.3, -0.25) is 0 Å². The number of aliphatic hydroxyl groups is 1. The zero-order valence-electron chi connectivity index (χ0n) is 18.5. The van der Waals surface area contributed by atoms with Crippen molar-refractivity contribution in [1.82, 2.24) is 4.31 Å². The number of halogens is 1. The van der Waals surface area contributed by atoms with E-state index in [0.717, 1.165) is 31.2 Å². The SMILES string of the molecule is CCCCC1CN(c2ccccc2)c2cc(SC)c(O/C=C(\F)CO)cc2S(=O)(=O)N1C. The molecule has 1 aliphatic heterocycles. The number of hydrogen-bond acceptors (Lipinski definition) is 6. The summed E-state index contributed by atoms with van der Waals surface area (Å²) in [5, 5.41) is 8.91. The predicted octanol–water partition coefficient (Wildman–Crippen LogP) is 4.92. The van der Waals surface area contributed by atoms with Crippen LogP contribution in [0.5, 0.6) is 5.75 Å². The predicted molar refractivity (Wildman–Crippen MR) is 127 cm³/mol. The van der Waals surface area contributed by atoms with Gasteiger partial charge >= 0.3 is 0 Å². The van der Waals surface area contributed by atoms with E-state index in [1.54, 1.807) is 13.1 Å². The molecule has 0 saturated heterocycles. The van der Waals surface area contributed by atoms with Gasteiger partial charge in [0.25, 0.3) is 0 Å². The van der Waals surface area contributed by atoms with Gasteiger partial charge in [0.05, 0.1) is 17.2 Å². The van der Waals surface area contributed by atoms with E-state index in [0.29, 0.717) is 17.1 Å². The number of thioether (sulfide) groups is 1. The van der Waals surface area contributed by atoms with Crippen LogP contribution >= 0.6 is 11.8 Å². The molecular weight excluding hydrogens is 451 g/mol. The molecule has 2 aromatic rings. The first-order chi connectivity index (χ1) is 15.3. The average molecular weight is 481 g/mol. The Morgan fingerprint density at radius 1 is 1.31 bits per heavy atom. The van der Waals surface area contributed by atoms with Crippen molar-refractivity contribution in [3.8, 4) is 5.75 Å². The van der Waals surface area contributed by atoms with E-state index >= 15 is 0 Å². The van der Waals surface area contributed by atoms with E-state index in [1.165, 1.54) is 22.1 Å². The number of unbranched alkanes of at least 4 members (excludes halogenated alkanes) is 1. The van der Waals surface area contributed by atoms with E-state index in [2.05, 4.69) is 6.92 Å². The van der Waals surface area contributed by atoms with Crippen LogP contribution in [-0.2, 0) is 10.0 Å². The first kappa shape index (κ1) is 24.6. The van der Waals surface area contributed by atoms with Gasteiger partial charge in [0.2, 0.25) is 10.0 Å². The summed E-state index contributed by atoms with van der Waals surface area (Å²) in [7, 11) is -2.22. The maximum absolute atomic E-state index is 13.6. The lowest BCUT2D eigenvalue weighted by atomic mass is 10.1. The van der Waals surface area contributed by atoms with Crippen molar-refractivity contribution in [2.24, 2.45) is 0 Å². The highest BCUT2D eigenvalue weighted by Crippen LogP contribution is 2.43. The van der Waals surface area contributed by atoms with Crippen LogP contribution < -0.4 is 9.64 Å². The second-order valence-corrected chi connectivity index (χ2v) is 10.4. The topological polar surface area (TPSA) is 70.1 Å². The molecule has 1 atom stereocenters. The second kappa shape index (κ2) is 10.7. The van der Waals surface area contributed by atoms with Crippen LogP contribution in [-0.4, -0.2) is 50.3 Å². The summed E-state index contributed by atoms with van der Waals surface area (Å²) in [4.78, 5) is 2.80. The molecule has 2 aromatic carbocycles. The van der Waals surface area contributed by atoms with E-state index in [-0.39, 0.29) is 16.7 Å². The average Bonchev–Trinajstić information content (AvgIpc) is 2.89. The molecule has 0 fully saturated rings. The number of nitrogens with zero attached hydrogens (tertiary/aromatic N) is 2. The number of aliphatic hydroxyl groups excluding tert-OH is 1. The summed E-state index contributed by atoms with van der Waals surface area (Å²) in [5.41, 5.74) is 1.46. The van der Waals surface area contributed by atoms with Crippen molar-refractivity contribution < 1.29 is 22.7 Å². The fraction of sp³-hybridized carbons (Fsp3) is 0.391. The Hall–Kier alpha value is -2.07. The van der Waals surface area contributed by atoms with E-state index < -0.39 is 22.5 Å². The van der Waals surface area contributed by atoms with Gasteiger partial charge in [0, 0.05) is 31.4 Å². The van der Waals surface area contributed by atoms with Crippen LogP contribution in [0.4, 0.5) is 15.8 Å². The Bertz CT molecular complexity index is 1060. The fourth-order valence-corrected chi connectivity index (χ4v) is 5.81. The minimum atomic E-state index is -3.83. The molecule has 0 aliphatic carbocycles. The maximum atomic E-state index is 13.6. The molecule has 1 aliphatic rings. The molecule has 174 valence electrons. The lowest BCUT2D eigenvalue weighted by Gasteiger charge is -2.29. The zero-order valence-corrected chi connectivity index (χ0v) is 20.1. The third-order valence-electron chi connectivity index (χ3n) is 5.52. The number of benzene rings is 2. The van der Waals surface area contributed by atoms with Gasteiger partial charge in [-0.25, -0.2) is 12.8 Å². The van der Waals surface area contributed by atoms with E-state index in [1.807, 2.05) is 41.5 Å². The smallest absolute Gasteiger partial charge is 0.245 e. The molecule has 1 heterocycles. The molecule has 1 unspecified atom stereocenters. The van der Waals surface area contributed by atoms with Crippen molar-refractivity contribution in [2.45, 2.75) is 42.0 Å². The number of para-hydroxylation sites is 1. The second-order valence-electron chi connectivity index (χ2n) is 7.57. The number of anilines is 2. The van der Waals surface area contributed by atoms with E-state index in [9.17, 15) is 12.8 Å². The van der Waals surface area contributed by atoms with Crippen molar-refractivity contribution in [2.75, 3.05) is 31.4 Å². The van der Waals surface area contributed by atoms with Crippen LogP contribution in [0.3, 0.4) is 0 Å². The summed E-state index contributed by atoms with van der Waals surface area (Å²) in [6, 6.07) is 12.7. The number of hydrogen-bond donors (Lipinski definition) is 1. The van der Waals surface area contributed by atoms with Crippen LogP contribution in [0.2, 0.25) is 0 Å². The number of sulfonamides is 1. The van der Waals surface area contributed by atoms with Crippen molar-refractivity contribution in [3.05, 3.63) is 54.6 Å². The summed E-state index contributed by atoms with van der Waals surface area (Å²) in [6.45, 7) is 1.81. The highest BCUT2D eigenvalue weighted by atomic mass is 32.2. The van der Waals surface area contributed by atoms with Crippen LogP contribution in [0.1, 0.15) is 26.2 Å². The molecule has 0 radical (unpaired) electrons. The molecule has 32 heavy (non-hydrogen) atoms. The largest absolute Gasteiger partial charge is 0.461 e. The zero-order chi connectivity index (χ0) is 23.3. The van der Waals surface area contributed by atoms with Crippen LogP contribution in [0, 0.1) is 0 Å². The normalized spacial score (nSPS) is 18.8. The van der Waals surface area contributed by atoms with Gasteiger partial charge in [-0.15, -0.1) is 11.8 Å². The number of likely N-dealkylation sites (N-methyl/N-ethyl adjacent to an activating group) is 1. The monoisotopic (exact) mass is 480 g/mol. The van der Waals surface area contributed by atoms with Gasteiger partial charge < -0.3 is 14.7 Å². The molecular formula is C23H29FN2O4S2. The molecule has 9 heteroatoms. The highest BCUT2D eigenvalue weighted by molar-refractivity contribution is 7.98. The first-order valence-electron chi connectivity index (χ1n) is 10.5. The molecule has 3 rings (SSSR count). The Kier molecular flexibility index (Phi) is 8.21. The van der Waals surface area contributed by atoms with Crippen molar-refractivity contribution in [1.29, 1.82) is 0 Å². The Labute approximate surface area is 193 Å². The van der Waals surface area contributed by atoms with E-state index in [4.69, 9.17) is 9.84 Å². The standard InChI is InChI=1S/C23H29FN2O4S2/c1-4-5-9-19-14-26(18-10-7-6-8-11-18)20-12-22(31-3)21(30-16-17(24)15-27)13-23(20)32(28,29)25(19)2/h6-8,10-13,16,19,27H,4-5,9,14-15H2,1-3H3/b17-16-. The van der Waals surface area contributed by atoms with Gasteiger partial charge in [-0.2, -0.15) is 4.31 Å². The Morgan fingerprint density at radius 3 is 2.66 bits per heavy atom. The summed E-state index contributed by atoms with van der Waals surface area (Å²) in [5.74, 6) is -0.630. The van der Waals surface area contributed by atoms with Gasteiger partial charge in [0.15, 0.2) is 5.83 Å². The molecule has 0 bridgehead atoms. The lowest BCUT2D eigenvalue weighted by Crippen LogP contribution is -2.40. The Morgan fingerprint density at radius 2 is 2.03 bits per heavy atom. The summed E-state index contributed by atoms with van der Waals surface area (Å²) < 4.78 is 47.6. The quantitative estimate of drug-likeness (QED) is 0.427. The highest BCUT2D eigenvalue weighted by Gasteiger charge is 2.37. The van der Waals surface area contributed by atoms with Gasteiger partial charge in [-0.1, -0.05) is 38.0 Å². The number of ether oxygens (including phenoxy) is 1. The molecule has 1 N–H and O–H groups in total. The van der Waals surface area contributed by atoms with Crippen molar-refractivity contribution in [3.63, 3.8) is 0 Å². The van der Waals surface area contributed by atoms with Gasteiger partial charge in [-0.05, 0) is 30.9 Å². The van der Waals surface area contributed by atoms with Gasteiger partial charge in [0.1, 0.15) is 16.9 Å². The summed E-state index contributed by atoms with van der Waals surface area (Å²) in [6.07, 6.45) is 5.27. The number of rotatable bonds is 8. The minimum Gasteiger partial charge on any atom is -0.461 e. The number of fused-ring (bicyclic) bond motifs is 1. The molecule has 0 saturated carbocycles. The fourth-order valence-electron chi connectivity index (χ4n) is 3.71. The first-order valence-corrected chi connectivity index (χ1v) is 13.1. The lowest BCUT2D eigenvalue weighted by molar-refractivity contribution is 0.287. The van der Waals surface area contributed by atoms with Crippen LogP contribution in [0.15, 0.2) is 64.3 Å². The third kappa shape index (κ3) is 5.11. The molecule has 0 aromatic heterocycles. The summed E-state index contributed by atoms with van der Waals surface area (Å²) >= 11 is 1.37. The Balaban J connectivity index is 2.21. The minimum absolute atomic E-state index is 0.105. The van der Waals surface area contributed by atoms with Crippen molar-refractivity contribution >= 4 is 33.2 Å². The maximum Gasteiger partial charge on any atom is 0.245 e. The van der Waals surface area contributed by atoms with Crippen LogP contribution in [0.25, 0.3) is 0 Å². The third-order valence-corrected chi connectivity index (χ3v) is 8.22. The molecule has 6 nitrogen and oxygen atoms in total.